The van der Waals surface area contributed by atoms with Gasteiger partial charge >= 0.3 is 0 Å². The molecule has 0 radical (unpaired) electrons. The first kappa shape index (κ1) is 19.0. The Balaban J connectivity index is 1.56. The lowest BCUT2D eigenvalue weighted by atomic mass is 9.95. The molecule has 2 aromatic carbocycles. The summed E-state index contributed by atoms with van der Waals surface area (Å²) in [4.78, 5) is 0. The zero-order valence-electron chi connectivity index (χ0n) is 16.8. The third kappa shape index (κ3) is 4.10. The molecule has 0 aliphatic carbocycles. The number of anilines is 2. The van der Waals surface area contributed by atoms with Crippen LogP contribution in [0.2, 0.25) is 0 Å². The number of aromatic nitrogens is 2. The summed E-state index contributed by atoms with van der Waals surface area (Å²) in [6.45, 7) is 3.81. The molecule has 3 atom stereocenters. The van der Waals surface area contributed by atoms with Crippen molar-refractivity contribution in [3.05, 3.63) is 77.6 Å². The van der Waals surface area contributed by atoms with E-state index in [-0.39, 0.29) is 12.1 Å². The van der Waals surface area contributed by atoms with E-state index in [4.69, 9.17) is 0 Å². The number of hydrogen-bond acceptors (Lipinski definition) is 5. The van der Waals surface area contributed by atoms with Crippen LogP contribution in [0.25, 0.3) is 0 Å². The topological polar surface area (TPSA) is 77.7 Å². The Morgan fingerprint density at radius 1 is 1.21 bits per heavy atom. The molecular weight excluding hydrogens is 360 g/mol. The molecule has 2 heterocycles. The summed E-state index contributed by atoms with van der Waals surface area (Å²) in [5.74, 6) is 0.341. The van der Waals surface area contributed by atoms with Gasteiger partial charge in [-0.1, -0.05) is 43.3 Å². The minimum atomic E-state index is 0.0997. The van der Waals surface area contributed by atoms with E-state index >= 15 is 0 Å². The highest BCUT2D eigenvalue weighted by atomic mass is 15.2. The average molecular weight is 387 g/mol. The number of nitrogens with one attached hydrogen (secondary N) is 3. The number of benzene rings is 2. The van der Waals surface area contributed by atoms with E-state index in [1.54, 1.807) is 0 Å². The summed E-state index contributed by atoms with van der Waals surface area (Å²) in [5, 5.41) is 24.7. The summed E-state index contributed by atoms with van der Waals surface area (Å²) in [6, 6.07) is 18.8. The molecule has 0 saturated heterocycles. The van der Waals surface area contributed by atoms with Crippen LogP contribution in [-0.4, -0.2) is 28.9 Å². The van der Waals surface area contributed by atoms with Crippen LogP contribution in [0, 0.1) is 11.3 Å². The normalized spacial score (nSPS) is 17.3. The molecule has 3 N–H and O–H groups in total. The van der Waals surface area contributed by atoms with E-state index in [0.29, 0.717) is 11.5 Å². The zero-order chi connectivity index (χ0) is 20.2. The second-order valence-electron chi connectivity index (χ2n) is 7.62. The van der Waals surface area contributed by atoms with Crippen LogP contribution in [0.15, 0.2) is 60.9 Å². The number of aryl methyl sites for hydroxylation is 1. The Morgan fingerprint density at radius 3 is 2.76 bits per heavy atom. The molecule has 148 valence electrons. The zero-order valence-corrected chi connectivity index (χ0v) is 16.8. The standard InChI is InChI=1S/C23H26N6/c1-16(19-13-27-29(2)15-19)12-26-22(17-7-4-3-5-8-17)21-14-25-20-10-6-9-18(11-24)23(20)28-21/h3-10,13,15-16,21-22,25-26,28H,12,14H2,1-2H3/t16-,21+,22+/m0/s1. The second kappa shape index (κ2) is 8.38. The van der Waals surface area contributed by atoms with Crippen molar-refractivity contribution in [2.24, 2.45) is 7.05 Å². The van der Waals surface area contributed by atoms with Crippen molar-refractivity contribution in [2.75, 3.05) is 23.7 Å². The third-order valence-electron chi connectivity index (χ3n) is 5.53. The number of fused-ring (bicyclic) bond motifs is 1. The molecule has 1 aliphatic heterocycles. The molecule has 29 heavy (non-hydrogen) atoms. The predicted molar refractivity (Wildman–Crippen MR) is 116 cm³/mol. The fraction of sp³-hybridized carbons (Fsp3) is 0.304. The smallest absolute Gasteiger partial charge is 0.101 e. The maximum atomic E-state index is 9.50. The van der Waals surface area contributed by atoms with E-state index in [1.165, 1.54) is 11.1 Å². The first-order valence-electron chi connectivity index (χ1n) is 9.96. The van der Waals surface area contributed by atoms with Gasteiger partial charge in [0.15, 0.2) is 0 Å². The van der Waals surface area contributed by atoms with E-state index in [1.807, 2.05) is 42.2 Å². The summed E-state index contributed by atoms with van der Waals surface area (Å²) < 4.78 is 1.84. The molecule has 3 aromatic rings. The van der Waals surface area contributed by atoms with Crippen molar-refractivity contribution in [2.45, 2.75) is 24.9 Å². The summed E-state index contributed by atoms with van der Waals surface area (Å²) in [5.41, 5.74) is 4.97. The maximum absolute atomic E-state index is 9.50. The molecule has 4 rings (SSSR count). The summed E-state index contributed by atoms with van der Waals surface area (Å²) in [6.07, 6.45) is 4.00. The molecule has 6 heteroatoms. The van der Waals surface area contributed by atoms with Crippen LogP contribution in [0.5, 0.6) is 0 Å². The van der Waals surface area contributed by atoms with Crippen LogP contribution in [-0.2, 0) is 7.05 Å². The van der Waals surface area contributed by atoms with E-state index in [0.717, 1.165) is 24.5 Å². The summed E-state index contributed by atoms with van der Waals surface area (Å²) in [7, 11) is 1.94. The number of rotatable bonds is 6. The van der Waals surface area contributed by atoms with E-state index < -0.39 is 0 Å². The SMILES string of the molecule is C[C@@H](CN[C@H](c1ccccc1)[C@H]1CNc2cccc(C#N)c2N1)c1cnn(C)c1. The van der Waals surface area contributed by atoms with Crippen LogP contribution in [0.1, 0.15) is 35.6 Å². The van der Waals surface area contributed by atoms with Crippen molar-refractivity contribution in [1.82, 2.24) is 15.1 Å². The molecular formula is C23H26N6. The van der Waals surface area contributed by atoms with Gasteiger partial charge in [-0.15, -0.1) is 0 Å². The predicted octanol–water partition coefficient (Wildman–Crippen LogP) is 3.63. The number of para-hydroxylation sites is 1. The monoisotopic (exact) mass is 386 g/mol. The highest BCUT2D eigenvalue weighted by Gasteiger charge is 2.28. The molecule has 6 nitrogen and oxygen atoms in total. The van der Waals surface area contributed by atoms with Crippen molar-refractivity contribution in [1.29, 1.82) is 5.26 Å². The second-order valence-corrected chi connectivity index (χ2v) is 7.62. The molecule has 0 fully saturated rings. The van der Waals surface area contributed by atoms with Gasteiger partial charge < -0.3 is 16.0 Å². The highest BCUT2D eigenvalue weighted by molar-refractivity contribution is 5.77. The Labute approximate surface area is 171 Å². The molecule has 0 amide bonds. The largest absolute Gasteiger partial charge is 0.381 e. The third-order valence-corrected chi connectivity index (χ3v) is 5.53. The minimum Gasteiger partial charge on any atom is -0.381 e. The van der Waals surface area contributed by atoms with Gasteiger partial charge in [0.2, 0.25) is 0 Å². The lowest BCUT2D eigenvalue weighted by molar-refractivity contribution is 0.454. The van der Waals surface area contributed by atoms with Crippen molar-refractivity contribution >= 4 is 11.4 Å². The van der Waals surface area contributed by atoms with Gasteiger partial charge in [0, 0.05) is 26.3 Å². The van der Waals surface area contributed by atoms with Gasteiger partial charge in [-0.2, -0.15) is 10.4 Å². The lowest BCUT2D eigenvalue weighted by Gasteiger charge is -2.36. The first-order chi connectivity index (χ1) is 14.2. The van der Waals surface area contributed by atoms with Gasteiger partial charge in [-0.25, -0.2) is 0 Å². The maximum Gasteiger partial charge on any atom is 0.101 e. The van der Waals surface area contributed by atoms with Gasteiger partial charge in [-0.3, -0.25) is 4.68 Å². The summed E-state index contributed by atoms with van der Waals surface area (Å²) >= 11 is 0. The molecule has 0 unspecified atom stereocenters. The van der Waals surface area contributed by atoms with Gasteiger partial charge in [0.1, 0.15) is 6.07 Å². The molecule has 1 aromatic heterocycles. The van der Waals surface area contributed by atoms with Crippen molar-refractivity contribution < 1.29 is 0 Å². The Hall–Kier alpha value is -3.30. The van der Waals surface area contributed by atoms with E-state index in [9.17, 15) is 5.26 Å². The van der Waals surface area contributed by atoms with E-state index in [2.05, 4.69) is 64.5 Å². The van der Waals surface area contributed by atoms with Crippen LogP contribution < -0.4 is 16.0 Å². The van der Waals surface area contributed by atoms with Gasteiger partial charge in [-0.05, 0) is 29.2 Å². The first-order valence-corrected chi connectivity index (χ1v) is 9.96. The van der Waals surface area contributed by atoms with Crippen molar-refractivity contribution in [3.8, 4) is 6.07 Å². The Kier molecular flexibility index (Phi) is 5.50. The number of hydrogen-bond donors (Lipinski definition) is 3. The lowest BCUT2D eigenvalue weighted by Crippen LogP contribution is -2.45. The van der Waals surface area contributed by atoms with Gasteiger partial charge in [0.05, 0.1) is 35.2 Å². The molecule has 0 spiro atoms. The van der Waals surface area contributed by atoms with Gasteiger partial charge in [0.25, 0.3) is 0 Å². The Bertz CT molecular complexity index is 1000. The number of nitriles is 1. The molecule has 1 aliphatic rings. The fourth-order valence-corrected chi connectivity index (χ4v) is 3.87. The quantitative estimate of drug-likeness (QED) is 0.603. The molecule has 0 bridgehead atoms. The average Bonchev–Trinajstić information content (AvgIpc) is 3.20. The molecule has 0 saturated carbocycles. The highest BCUT2D eigenvalue weighted by Crippen LogP contribution is 2.33. The Morgan fingerprint density at radius 2 is 2.03 bits per heavy atom. The fourth-order valence-electron chi connectivity index (χ4n) is 3.87. The van der Waals surface area contributed by atoms with Crippen LogP contribution >= 0.6 is 0 Å². The van der Waals surface area contributed by atoms with Crippen LogP contribution in [0.4, 0.5) is 11.4 Å². The minimum absolute atomic E-state index is 0.0997. The van der Waals surface area contributed by atoms with Crippen LogP contribution in [0.3, 0.4) is 0 Å². The van der Waals surface area contributed by atoms with Crippen molar-refractivity contribution in [3.63, 3.8) is 0 Å². The number of nitrogens with zero attached hydrogens (tertiary/aromatic N) is 3.